The Morgan fingerprint density at radius 1 is 0.578 bits per heavy atom. The highest BCUT2D eigenvalue weighted by molar-refractivity contribution is 7.94. The maximum Gasteiger partial charge on any atom is 0.109 e. The Morgan fingerprint density at radius 2 is 1.24 bits per heavy atom. The summed E-state index contributed by atoms with van der Waals surface area (Å²) in [5.41, 5.74) is 6.17. The van der Waals surface area contributed by atoms with Crippen LogP contribution in [0.4, 0.5) is 5.69 Å². The van der Waals surface area contributed by atoms with E-state index in [0.717, 1.165) is 37.8 Å². The van der Waals surface area contributed by atoms with Crippen LogP contribution < -0.4 is 0 Å². The molecule has 1 aliphatic heterocycles. The Hall–Kier alpha value is -5.23. The number of para-hydroxylation sites is 1. The predicted octanol–water partition coefficient (Wildman–Crippen LogP) is 11.5. The van der Waals surface area contributed by atoms with Crippen LogP contribution in [0.5, 0.6) is 0 Å². The molecule has 0 radical (unpaired) electrons. The van der Waals surface area contributed by atoms with Gasteiger partial charge in [-0.15, -0.1) is 11.3 Å². The van der Waals surface area contributed by atoms with Gasteiger partial charge in [0.05, 0.1) is 31.2 Å². The lowest BCUT2D eigenvalue weighted by molar-refractivity contribution is 0.676. The predicted molar refractivity (Wildman–Crippen MR) is 190 cm³/mol. The molecule has 7 aromatic carbocycles. The molecule has 0 bridgehead atoms. The van der Waals surface area contributed by atoms with Crippen molar-refractivity contribution in [3.05, 3.63) is 146 Å². The van der Waals surface area contributed by atoms with E-state index < -0.39 is 9.73 Å². The highest BCUT2D eigenvalue weighted by Gasteiger charge is 2.28. The second-order valence-electron chi connectivity index (χ2n) is 11.6. The van der Waals surface area contributed by atoms with Crippen LogP contribution >= 0.6 is 11.3 Å². The van der Waals surface area contributed by atoms with Crippen molar-refractivity contribution in [1.82, 2.24) is 4.57 Å². The van der Waals surface area contributed by atoms with E-state index in [4.69, 9.17) is 4.36 Å². The van der Waals surface area contributed by atoms with E-state index in [-0.39, 0.29) is 0 Å². The summed E-state index contributed by atoms with van der Waals surface area (Å²) in [5, 5.41) is 7.66. The molecule has 9 aromatic rings. The van der Waals surface area contributed by atoms with Crippen molar-refractivity contribution in [2.24, 2.45) is 4.36 Å². The summed E-state index contributed by atoms with van der Waals surface area (Å²) in [4.78, 5) is 1.49. The van der Waals surface area contributed by atoms with Crippen LogP contribution in [0.15, 0.2) is 160 Å². The first-order valence-electron chi connectivity index (χ1n) is 15.0. The van der Waals surface area contributed by atoms with Crippen LogP contribution in [-0.4, -0.2) is 8.78 Å². The first-order valence-corrected chi connectivity index (χ1v) is 17.3. The van der Waals surface area contributed by atoms with E-state index in [1.807, 2.05) is 65.9 Å². The largest absolute Gasteiger partial charge is 0.308 e. The summed E-state index contributed by atoms with van der Waals surface area (Å²) >= 11 is 1.87. The topological polar surface area (TPSA) is 34.4 Å². The van der Waals surface area contributed by atoms with Crippen LogP contribution in [0.25, 0.3) is 69.6 Å². The van der Waals surface area contributed by atoms with Gasteiger partial charge in [0.15, 0.2) is 0 Å². The van der Waals surface area contributed by atoms with Crippen molar-refractivity contribution >= 4 is 79.5 Å². The summed E-state index contributed by atoms with van der Waals surface area (Å²) in [7, 11) is -2.83. The molecular formula is C40H24N2OS2. The quantitative estimate of drug-likeness (QED) is 0.191. The van der Waals surface area contributed by atoms with E-state index in [0.29, 0.717) is 0 Å². The van der Waals surface area contributed by atoms with Gasteiger partial charge >= 0.3 is 0 Å². The molecule has 3 heterocycles. The van der Waals surface area contributed by atoms with Crippen molar-refractivity contribution < 1.29 is 4.21 Å². The lowest BCUT2D eigenvalue weighted by atomic mass is 9.99. The van der Waals surface area contributed by atoms with Gasteiger partial charge in [-0.3, -0.25) is 0 Å². The molecule has 0 spiro atoms. The van der Waals surface area contributed by atoms with Crippen LogP contribution in [-0.2, 0) is 9.73 Å². The molecule has 0 amide bonds. The van der Waals surface area contributed by atoms with Crippen molar-refractivity contribution in [1.29, 1.82) is 0 Å². The van der Waals surface area contributed by atoms with Gasteiger partial charge in [0.1, 0.15) is 9.73 Å². The fourth-order valence-corrected chi connectivity index (χ4v) is 10.7. The Labute approximate surface area is 263 Å². The van der Waals surface area contributed by atoms with Gasteiger partial charge in [-0.25, -0.2) is 4.21 Å². The third-order valence-corrected chi connectivity index (χ3v) is 12.6. The van der Waals surface area contributed by atoms with Crippen LogP contribution in [0.3, 0.4) is 0 Å². The van der Waals surface area contributed by atoms with Gasteiger partial charge < -0.3 is 4.57 Å². The minimum atomic E-state index is -2.83. The van der Waals surface area contributed by atoms with Gasteiger partial charge in [-0.1, -0.05) is 97.1 Å². The molecule has 0 aliphatic carbocycles. The lowest BCUT2D eigenvalue weighted by Crippen LogP contribution is -2.07. The highest BCUT2D eigenvalue weighted by atomic mass is 32.2. The number of nitrogens with zero attached hydrogens (tertiary/aromatic N) is 2. The van der Waals surface area contributed by atoms with Gasteiger partial charge in [0.2, 0.25) is 0 Å². The molecule has 10 rings (SSSR count). The minimum Gasteiger partial charge on any atom is -0.308 e. The molecule has 1 aliphatic rings. The minimum absolute atomic E-state index is 0.730. The standard InChI is InChI=1S/C40H24N2OS2/c43-45(26-12-2-1-3-13-26)36-21-11-8-14-27(36)32-24-25(22-23-33(32)41-45)42-34-19-9-6-17-30(34)37-28-15-4-5-16-29(28)38-31-18-7-10-20-35(31)44-40(38)39(37)42/h1-24H. The lowest BCUT2D eigenvalue weighted by Gasteiger charge is -2.22. The van der Waals surface area contributed by atoms with Crippen LogP contribution in [0, 0.1) is 0 Å². The number of fused-ring (bicyclic) bond motifs is 13. The summed E-state index contributed by atoms with van der Waals surface area (Å²) in [5.74, 6) is 0. The zero-order valence-corrected chi connectivity index (χ0v) is 25.6. The Bertz CT molecular complexity index is 2820. The molecule has 1 atom stereocenters. The summed E-state index contributed by atoms with van der Waals surface area (Å²) in [6, 6.07) is 50.4. The molecule has 0 saturated carbocycles. The van der Waals surface area contributed by atoms with E-state index in [1.54, 1.807) is 0 Å². The molecule has 0 fully saturated rings. The first-order chi connectivity index (χ1) is 22.2. The molecular weight excluding hydrogens is 589 g/mol. The van der Waals surface area contributed by atoms with Gasteiger partial charge in [0.25, 0.3) is 0 Å². The van der Waals surface area contributed by atoms with Crippen LogP contribution in [0.1, 0.15) is 0 Å². The van der Waals surface area contributed by atoms with Crippen LogP contribution in [0.2, 0.25) is 0 Å². The average Bonchev–Trinajstić information content (AvgIpc) is 3.66. The number of hydrogen-bond donors (Lipinski definition) is 0. The molecule has 5 heteroatoms. The first kappa shape index (κ1) is 25.1. The second kappa shape index (κ2) is 9.14. The van der Waals surface area contributed by atoms with Crippen molar-refractivity contribution in [3.63, 3.8) is 0 Å². The summed E-state index contributed by atoms with van der Waals surface area (Å²) in [6.07, 6.45) is 0. The fourth-order valence-electron chi connectivity index (χ4n) is 7.26. The highest BCUT2D eigenvalue weighted by Crippen LogP contribution is 2.49. The Kier molecular flexibility index (Phi) is 5.11. The third kappa shape index (κ3) is 3.37. The molecule has 45 heavy (non-hydrogen) atoms. The molecule has 212 valence electrons. The molecule has 0 N–H and O–H groups in total. The third-order valence-electron chi connectivity index (χ3n) is 9.15. The zero-order chi connectivity index (χ0) is 29.7. The number of thiophene rings is 1. The van der Waals surface area contributed by atoms with Gasteiger partial charge in [-0.2, -0.15) is 4.36 Å². The smallest absolute Gasteiger partial charge is 0.109 e. The van der Waals surface area contributed by atoms with Crippen molar-refractivity contribution in [2.75, 3.05) is 0 Å². The molecule has 3 nitrogen and oxygen atoms in total. The number of aromatic nitrogens is 1. The zero-order valence-electron chi connectivity index (χ0n) is 24.0. The van der Waals surface area contributed by atoms with Gasteiger partial charge in [0, 0.05) is 43.1 Å². The van der Waals surface area contributed by atoms with E-state index in [1.165, 1.54) is 47.2 Å². The van der Waals surface area contributed by atoms with Crippen molar-refractivity contribution in [2.45, 2.75) is 9.79 Å². The van der Waals surface area contributed by atoms with Crippen molar-refractivity contribution in [3.8, 4) is 16.8 Å². The second-order valence-corrected chi connectivity index (χ2v) is 14.7. The fraction of sp³-hybridized carbons (Fsp3) is 0. The van der Waals surface area contributed by atoms with E-state index >= 15 is 0 Å². The average molecular weight is 613 g/mol. The molecule has 1 unspecified atom stereocenters. The maximum atomic E-state index is 14.6. The SMILES string of the molecule is O=S1(c2ccccc2)=Nc2ccc(-n3c4ccccc4c4c5ccccc5c5c6ccccc6sc5c43)cc2-c2ccccc21. The molecule has 0 saturated heterocycles. The number of hydrogen-bond acceptors (Lipinski definition) is 3. The number of benzene rings is 7. The number of rotatable bonds is 2. The summed E-state index contributed by atoms with van der Waals surface area (Å²) in [6.45, 7) is 0. The molecule has 2 aromatic heterocycles. The maximum absolute atomic E-state index is 14.6. The normalized spacial score (nSPS) is 15.9. The Balaban J connectivity index is 1.35. The monoisotopic (exact) mass is 612 g/mol. The van der Waals surface area contributed by atoms with E-state index in [2.05, 4.69) is 95.6 Å². The summed E-state index contributed by atoms with van der Waals surface area (Å²) < 4.78 is 24.6. The van der Waals surface area contributed by atoms with Gasteiger partial charge in [-0.05, 0) is 59.3 Å². The van der Waals surface area contributed by atoms with E-state index in [9.17, 15) is 4.21 Å². The Morgan fingerprint density at radius 3 is 2.09 bits per heavy atom.